The number of halogens is 4. The summed E-state index contributed by atoms with van der Waals surface area (Å²) in [4.78, 5) is 12.0. The van der Waals surface area contributed by atoms with E-state index in [0.29, 0.717) is 16.5 Å². The standard InChI is InChI=1S/C16H11Cl2F2NO/c17-8-4-5-9(11(18)6-8)10-7-14(10)21-16(22)15-12(19)2-1-3-13(15)20/h1-6,10,14H,7H2,(H,21,22)/t10?,14-/m0/s1. The van der Waals surface area contributed by atoms with Crippen LogP contribution in [0.25, 0.3) is 0 Å². The lowest BCUT2D eigenvalue weighted by atomic mass is 10.1. The van der Waals surface area contributed by atoms with E-state index in [1.807, 2.05) is 0 Å². The van der Waals surface area contributed by atoms with Crippen LogP contribution in [0.2, 0.25) is 10.0 Å². The van der Waals surface area contributed by atoms with E-state index in [4.69, 9.17) is 23.2 Å². The molecule has 1 aliphatic rings. The van der Waals surface area contributed by atoms with Crippen LogP contribution in [0.1, 0.15) is 28.3 Å². The van der Waals surface area contributed by atoms with E-state index in [-0.39, 0.29) is 12.0 Å². The van der Waals surface area contributed by atoms with Gasteiger partial charge in [0, 0.05) is 22.0 Å². The monoisotopic (exact) mass is 341 g/mol. The highest BCUT2D eigenvalue weighted by molar-refractivity contribution is 6.35. The molecule has 0 aromatic heterocycles. The summed E-state index contributed by atoms with van der Waals surface area (Å²) in [5, 5.41) is 3.68. The zero-order valence-corrected chi connectivity index (χ0v) is 12.8. The van der Waals surface area contributed by atoms with Crippen molar-refractivity contribution in [1.29, 1.82) is 0 Å². The SMILES string of the molecule is O=C(N[C@H]1CC1c1ccc(Cl)cc1Cl)c1c(F)cccc1F. The highest BCUT2D eigenvalue weighted by Crippen LogP contribution is 2.44. The van der Waals surface area contributed by atoms with Gasteiger partial charge in [-0.05, 0) is 36.2 Å². The summed E-state index contributed by atoms with van der Waals surface area (Å²) in [7, 11) is 0. The Hall–Kier alpha value is -1.65. The third kappa shape index (κ3) is 2.94. The number of benzene rings is 2. The Kier molecular flexibility index (Phi) is 4.06. The number of nitrogens with one attached hydrogen (secondary N) is 1. The van der Waals surface area contributed by atoms with Crippen LogP contribution in [0.3, 0.4) is 0 Å². The molecule has 1 aliphatic carbocycles. The van der Waals surface area contributed by atoms with E-state index >= 15 is 0 Å². The lowest BCUT2D eigenvalue weighted by Gasteiger charge is -2.08. The lowest BCUT2D eigenvalue weighted by molar-refractivity contribution is 0.0942. The first kappa shape index (κ1) is 15.3. The highest BCUT2D eigenvalue weighted by Gasteiger charge is 2.41. The van der Waals surface area contributed by atoms with Gasteiger partial charge in [-0.3, -0.25) is 4.79 Å². The zero-order chi connectivity index (χ0) is 15.9. The molecule has 2 atom stereocenters. The Balaban J connectivity index is 1.72. The van der Waals surface area contributed by atoms with Crippen LogP contribution in [0.15, 0.2) is 36.4 Å². The minimum absolute atomic E-state index is 0.0311. The van der Waals surface area contributed by atoms with Crippen LogP contribution < -0.4 is 5.32 Å². The second kappa shape index (κ2) is 5.86. The topological polar surface area (TPSA) is 29.1 Å². The molecule has 0 saturated heterocycles. The Morgan fingerprint density at radius 1 is 1.14 bits per heavy atom. The number of hydrogen-bond acceptors (Lipinski definition) is 1. The van der Waals surface area contributed by atoms with E-state index in [1.165, 1.54) is 6.07 Å². The first-order chi connectivity index (χ1) is 10.5. The third-order valence-electron chi connectivity index (χ3n) is 3.66. The highest BCUT2D eigenvalue weighted by atomic mass is 35.5. The molecule has 0 bridgehead atoms. The van der Waals surface area contributed by atoms with E-state index in [9.17, 15) is 13.6 Å². The number of carbonyl (C=O) groups excluding carboxylic acids is 1. The van der Waals surface area contributed by atoms with Gasteiger partial charge < -0.3 is 5.32 Å². The molecule has 3 rings (SSSR count). The van der Waals surface area contributed by atoms with Gasteiger partial charge in [-0.25, -0.2) is 8.78 Å². The van der Waals surface area contributed by atoms with Crippen LogP contribution in [0, 0.1) is 11.6 Å². The second-order valence-corrected chi connectivity index (χ2v) is 6.03. The quantitative estimate of drug-likeness (QED) is 0.871. The van der Waals surface area contributed by atoms with Crippen molar-refractivity contribution in [3.05, 3.63) is 69.2 Å². The van der Waals surface area contributed by atoms with Crippen molar-refractivity contribution < 1.29 is 13.6 Å². The average molecular weight is 342 g/mol. The summed E-state index contributed by atoms with van der Waals surface area (Å²) in [6.45, 7) is 0. The van der Waals surface area contributed by atoms with Gasteiger partial charge in [0.1, 0.15) is 17.2 Å². The van der Waals surface area contributed by atoms with Crippen molar-refractivity contribution in [3.8, 4) is 0 Å². The molecule has 2 aromatic carbocycles. The molecule has 22 heavy (non-hydrogen) atoms. The van der Waals surface area contributed by atoms with Crippen molar-refractivity contribution in [2.24, 2.45) is 0 Å². The molecule has 1 unspecified atom stereocenters. The maximum absolute atomic E-state index is 13.6. The molecular formula is C16H11Cl2F2NO. The van der Waals surface area contributed by atoms with Crippen molar-refractivity contribution in [2.75, 3.05) is 0 Å². The summed E-state index contributed by atoms with van der Waals surface area (Å²) in [6.07, 6.45) is 0.670. The van der Waals surface area contributed by atoms with Gasteiger partial charge in [-0.15, -0.1) is 0 Å². The summed E-state index contributed by atoms with van der Waals surface area (Å²) >= 11 is 12.0. The summed E-state index contributed by atoms with van der Waals surface area (Å²) < 4.78 is 27.1. The van der Waals surface area contributed by atoms with Gasteiger partial charge in [0.2, 0.25) is 0 Å². The molecule has 114 valence electrons. The molecule has 1 amide bonds. The molecule has 0 radical (unpaired) electrons. The van der Waals surface area contributed by atoms with Crippen molar-refractivity contribution in [3.63, 3.8) is 0 Å². The number of rotatable bonds is 3. The van der Waals surface area contributed by atoms with Crippen LogP contribution in [0.4, 0.5) is 8.78 Å². The number of hydrogen-bond donors (Lipinski definition) is 1. The smallest absolute Gasteiger partial charge is 0.257 e. The Bertz CT molecular complexity index is 731. The molecule has 1 N–H and O–H groups in total. The maximum Gasteiger partial charge on any atom is 0.257 e. The predicted molar refractivity (Wildman–Crippen MR) is 81.4 cm³/mol. The minimum atomic E-state index is -0.876. The molecule has 1 fully saturated rings. The average Bonchev–Trinajstić information content (AvgIpc) is 3.17. The first-order valence-electron chi connectivity index (χ1n) is 6.67. The fraction of sp³-hybridized carbons (Fsp3) is 0.188. The van der Waals surface area contributed by atoms with Gasteiger partial charge in [-0.2, -0.15) is 0 Å². The number of carbonyl (C=O) groups is 1. The fourth-order valence-electron chi connectivity index (χ4n) is 2.46. The third-order valence-corrected chi connectivity index (χ3v) is 4.22. The van der Waals surface area contributed by atoms with Gasteiger partial charge in [0.05, 0.1) is 0 Å². The van der Waals surface area contributed by atoms with Gasteiger partial charge in [0.25, 0.3) is 5.91 Å². The van der Waals surface area contributed by atoms with Crippen LogP contribution in [-0.4, -0.2) is 11.9 Å². The van der Waals surface area contributed by atoms with Gasteiger partial charge >= 0.3 is 0 Å². The predicted octanol–water partition coefficient (Wildman–Crippen LogP) is 4.56. The molecule has 0 aliphatic heterocycles. The summed E-state index contributed by atoms with van der Waals surface area (Å²) in [6, 6.07) is 8.28. The van der Waals surface area contributed by atoms with Crippen LogP contribution >= 0.6 is 23.2 Å². The Morgan fingerprint density at radius 2 is 1.82 bits per heavy atom. The van der Waals surface area contributed by atoms with Crippen molar-refractivity contribution >= 4 is 29.1 Å². The molecule has 1 saturated carbocycles. The molecule has 2 aromatic rings. The van der Waals surface area contributed by atoms with Gasteiger partial charge in [-0.1, -0.05) is 35.3 Å². The van der Waals surface area contributed by atoms with Crippen molar-refractivity contribution in [1.82, 2.24) is 5.32 Å². The normalized spacial score (nSPS) is 19.8. The molecule has 6 heteroatoms. The largest absolute Gasteiger partial charge is 0.348 e. The number of amides is 1. The fourth-order valence-corrected chi connectivity index (χ4v) is 3.00. The Labute approximate surface area is 136 Å². The maximum atomic E-state index is 13.6. The Morgan fingerprint density at radius 3 is 2.45 bits per heavy atom. The van der Waals surface area contributed by atoms with Gasteiger partial charge in [0.15, 0.2) is 0 Å². The van der Waals surface area contributed by atoms with Crippen molar-refractivity contribution in [2.45, 2.75) is 18.4 Å². The minimum Gasteiger partial charge on any atom is -0.348 e. The molecule has 0 heterocycles. The van der Waals surface area contributed by atoms with E-state index in [0.717, 1.165) is 17.7 Å². The summed E-state index contributed by atoms with van der Waals surface area (Å²) in [5.41, 5.74) is 0.306. The second-order valence-electron chi connectivity index (χ2n) is 5.18. The zero-order valence-electron chi connectivity index (χ0n) is 11.2. The van der Waals surface area contributed by atoms with E-state index in [1.54, 1.807) is 18.2 Å². The van der Waals surface area contributed by atoms with Crippen LogP contribution in [-0.2, 0) is 0 Å². The molecule has 0 spiro atoms. The van der Waals surface area contributed by atoms with Crippen LogP contribution in [0.5, 0.6) is 0 Å². The molecule has 2 nitrogen and oxygen atoms in total. The molecular weight excluding hydrogens is 331 g/mol. The lowest BCUT2D eigenvalue weighted by Crippen LogP contribution is -2.28. The van der Waals surface area contributed by atoms with E-state index in [2.05, 4.69) is 5.32 Å². The first-order valence-corrected chi connectivity index (χ1v) is 7.43. The van der Waals surface area contributed by atoms with E-state index < -0.39 is 23.1 Å². The summed E-state index contributed by atoms with van der Waals surface area (Å²) in [5.74, 6) is -2.48.